The van der Waals surface area contributed by atoms with Crippen molar-refractivity contribution in [2.45, 2.75) is 0 Å². The zero-order valence-corrected chi connectivity index (χ0v) is 7.70. The lowest BCUT2D eigenvalue weighted by atomic mass is 9.96. The van der Waals surface area contributed by atoms with Crippen LogP contribution in [0.5, 0.6) is 0 Å². The van der Waals surface area contributed by atoms with Crippen LogP contribution in [0.2, 0.25) is 0 Å². The van der Waals surface area contributed by atoms with Gasteiger partial charge < -0.3 is 14.8 Å². The topological polar surface area (TPSA) is 64.6 Å². The molecule has 1 aliphatic rings. The number of ether oxygens (including phenoxy) is 2. The van der Waals surface area contributed by atoms with Crippen LogP contribution in [0.15, 0.2) is 0 Å². The predicted molar refractivity (Wildman–Crippen MR) is 43.9 cm³/mol. The summed E-state index contributed by atoms with van der Waals surface area (Å²) in [6, 6.07) is 0. The van der Waals surface area contributed by atoms with Gasteiger partial charge in [0.2, 0.25) is 0 Å². The molecule has 2 unspecified atom stereocenters. The minimum absolute atomic E-state index is 0.361. The lowest BCUT2D eigenvalue weighted by Gasteiger charge is -2.13. The van der Waals surface area contributed by atoms with E-state index in [0.717, 1.165) is 0 Å². The second kappa shape index (κ2) is 4.23. The maximum Gasteiger partial charge on any atom is 0.310 e. The van der Waals surface area contributed by atoms with E-state index >= 15 is 0 Å². The molecule has 0 amide bonds. The van der Waals surface area contributed by atoms with Crippen molar-refractivity contribution >= 4 is 11.9 Å². The van der Waals surface area contributed by atoms with Gasteiger partial charge in [0.25, 0.3) is 0 Å². The van der Waals surface area contributed by atoms with Crippen LogP contribution in [0.3, 0.4) is 0 Å². The van der Waals surface area contributed by atoms with E-state index in [1.807, 2.05) is 0 Å². The lowest BCUT2D eigenvalue weighted by Crippen LogP contribution is -2.30. The average Bonchev–Trinajstić information content (AvgIpc) is 2.63. The molecule has 0 spiro atoms. The van der Waals surface area contributed by atoms with Gasteiger partial charge in [-0.3, -0.25) is 9.59 Å². The number of carbonyl (C=O) groups is 2. The molecule has 0 bridgehead atoms. The Morgan fingerprint density at radius 3 is 1.77 bits per heavy atom. The van der Waals surface area contributed by atoms with Crippen molar-refractivity contribution in [3.05, 3.63) is 0 Å². The molecule has 5 nitrogen and oxygen atoms in total. The molecule has 0 aliphatic carbocycles. The van der Waals surface area contributed by atoms with Crippen LogP contribution in [0.25, 0.3) is 0 Å². The second-order valence-corrected chi connectivity index (χ2v) is 2.92. The fourth-order valence-corrected chi connectivity index (χ4v) is 1.48. The number of hydrogen-bond acceptors (Lipinski definition) is 5. The van der Waals surface area contributed by atoms with Gasteiger partial charge in [0.1, 0.15) is 0 Å². The monoisotopic (exact) mass is 187 g/mol. The first-order chi connectivity index (χ1) is 6.20. The maximum absolute atomic E-state index is 11.2. The molecule has 1 fully saturated rings. The SMILES string of the molecule is COC(=O)C1CNCC1C(=O)OC. The van der Waals surface area contributed by atoms with Crippen LogP contribution in [0.4, 0.5) is 0 Å². The third-order valence-corrected chi connectivity index (χ3v) is 2.22. The summed E-state index contributed by atoms with van der Waals surface area (Å²) in [7, 11) is 2.63. The predicted octanol–water partition coefficient (Wildman–Crippen LogP) is -0.832. The van der Waals surface area contributed by atoms with Gasteiger partial charge in [-0.05, 0) is 0 Å². The summed E-state index contributed by atoms with van der Waals surface area (Å²) in [6.07, 6.45) is 0. The molecule has 5 heteroatoms. The van der Waals surface area contributed by atoms with E-state index < -0.39 is 11.8 Å². The molecule has 1 N–H and O–H groups in total. The van der Waals surface area contributed by atoms with Crippen molar-refractivity contribution in [2.24, 2.45) is 11.8 Å². The van der Waals surface area contributed by atoms with Gasteiger partial charge in [-0.1, -0.05) is 0 Å². The largest absolute Gasteiger partial charge is 0.469 e. The maximum atomic E-state index is 11.2. The summed E-state index contributed by atoms with van der Waals surface area (Å²) in [5.74, 6) is -1.53. The molecule has 0 aromatic heterocycles. The van der Waals surface area contributed by atoms with Crippen molar-refractivity contribution in [1.29, 1.82) is 0 Å². The van der Waals surface area contributed by atoms with Gasteiger partial charge in [0.15, 0.2) is 0 Å². The molecule has 1 rings (SSSR count). The minimum atomic E-state index is -0.405. The highest BCUT2D eigenvalue weighted by Gasteiger charge is 2.39. The van der Waals surface area contributed by atoms with E-state index in [9.17, 15) is 9.59 Å². The third kappa shape index (κ3) is 1.98. The van der Waals surface area contributed by atoms with Gasteiger partial charge in [-0.25, -0.2) is 0 Å². The fourth-order valence-electron chi connectivity index (χ4n) is 1.48. The number of methoxy groups -OCH3 is 2. The number of nitrogens with one attached hydrogen (secondary N) is 1. The molecule has 13 heavy (non-hydrogen) atoms. The number of rotatable bonds is 2. The van der Waals surface area contributed by atoms with Crippen molar-refractivity contribution in [3.63, 3.8) is 0 Å². The van der Waals surface area contributed by atoms with E-state index in [1.54, 1.807) is 0 Å². The number of carbonyl (C=O) groups excluding carboxylic acids is 2. The normalized spacial score (nSPS) is 26.9. The van der Waals surface area contributed by atoms with Crippen LogP contribution in [0, 0.1) is 11.8 Å². The second-order valence-electron chi connectivity index (χ2n) is 2.92. The highest BCUT2D eigenvalue weighted by Crippen LogP contribution is 2.19. The first-order valence-corrected chi connectivity index (χ1v) is 4.07. The Bertz CT molecular complexity index is 194. The first-order valence-electron chi connectivity index (χ1n) is 4.07. The van der Waals surface area contributed by atoms with Crippen molar-refractivity contribution in [1.82, 2.24) is 5.32 Å². The first kappa shape index (κ1) is 9.98. The number of esters is 2. The molecule has 0 radical (unpaired) electrons. The molecule has 1 heterocycles. The molecule has 0 saturated carbocycles. The summed E-state index contributed by atoms with van der Waals surface area (Å²) in [5.41, 5.74) is 0. The molecule has 0 aromatic carbocycles. The fraction of sp³-hybridized carbons (Fsp3) is 0.750. The smallest absolute Gasteiger partial charge is 0.310 e. The Hall–Kier alpha value is -1.10. The van der Waals surface area contributed by atoms with Gasteiger partial charge in [0.05, 0.1) is 26.1 Å². The summed E-state index contributed by atoms with van der Waals surface area (Å²) in [4.78, 5) is 22.3. The van der Waals surface area contributed by atoms with Crippen LogP contribution in [-0.4, -0.2) is 39.2 Å². The molecular formula is C8H13NO4. The van der Waals surface area contributed by atoms with Gasteiger partial charge in [-0.15, -0.1) is 0 Å². The molecule has 74 valence electrons. The lowest BCUT2D eigenvalue weighted by molar-refractivity contribution is -0.155. The van der Waals surface area contributed by atoms with Crippen LogP contribution in [-0.2, 0) is 19.1 Å². The summed E-state index contributed by atoms with van der Waals surface area (Å²) in [6.45, 7) is 0.957. The molecular weight excluding hydrogens is 174 g/mol. The van der Waals surface area contributed by atoms with Crippen molar-refractivity contribution in [2.75, 3.05) is 27.3 Å². The van der Waals surface area contributed by atoms with E-state index in [1.165, 1.54) is 14.2 Å². The zero-order chi connectivity index (χ0) is 9.84. The van der Waals surface area contributed by atoms with Crippen LogP contribution >= 0.6 is 0 Å². The summed E-state index contributed by atoms with van der Waals surface area (Å²) in [5, 5.41) is 2.95. The molecule has 2 atom stereocenters. The van der Waals surface area contributed by atoms with Crippen molar-refractivity contribution in [3.8, 4) is 0 Å². The van der Waals surface area contributed by atoms with E-state index in [4.69, 9.17) is 0 Å². The quantitative estimate of drug-likeness (QED) is 0.571. The molecule has 0 aromatic rings. The Balaban J connectivity index is 2.63. The highest BCUT2D eigenvalue weighted by atomic mass is 16.5. The van der Waals surface area contributed by atoms with Crippen LogP contribution in [0.1, 0.15) is 0 Å². The minimum Gasteiger partial charge on any atom is -0.469 e. The molecule has 1 saturated heterocycles. The number of hydrogen-bond donors (Lipinski definition) is 1. The Labute approximate surface area is 76.4 Å². The van der Waals surface area contributed by atoms with Crippen molar-refractivity contribution < 1.29 is 19.1 Å². The Kier molecular flexibility index (Phi) is 3.25. The van der Waals surface area contributed by atoms with Gasteiger partial charge in [-0.2, -0.15) is 0 Å². The van der Waals surface area contributed by atoms with Gasteiger partial charge in [0, 0.05) is 13.1 Å². The zero-order valence-electron chi connectivity index (χ0n) is 7.70. The Morgan fingerprint density at radius 2 is 1.46 bits per heavy atom. The van der Waals surface area contributed by atoms with E-state index in [2.05, 4.69) is 14.8 Å². The van der Waals surface area contributed by atoms with E-state index in [-0.39, 0.29) is 11.9 Å². The van der Waals surface area contributed by atoms with E-state index in [0.29, 0.717) is 13.1 Å². The molecule has 1 aliphatic heterocycles. The summed E-state index contributed by atoms with van der Waals surface area (Å²) < 4.78 is 9.14. The van der Waals surface area contributed by atoms with Gasteiger partial charge >= 0.3 is 11.9 Å². The van der Waals surface area contributed by atoms with Crippen LogP contribution < -0.4 is 5.32 Å². The highest BCUT2D eigenvalue weighted by molar-refractivity contribution is 5.83. The standard InChI is InChI=1S/C8H13NO4/c1-12-7(10)5-3-9-4-6(5)8(11)13-2/h5-6,9H,3-4H2,1-2H3. The summed E-state index contributed by atoms with van der Waals surface area (Å²) >= 11 is 0. The Morgan fingerprint density at radius 1 is 1.08 bits per heavy atom. The average molecular weight is 187 g/mol. The third-order valence-electron chi connectivity index (χ3n) is 2.22.